The minimum atomic E-state index is -0.880. The van der Waals surface area contributed by atoms with Crippen molar-refractivity contribution in [1.29, 1.82) is 0 Å². The Morgan fingerprint density at radius 2 is 2.15 bits per heavy atom. The number of aryl methyl sites for hydroxylation is 1. The molecule has 1 aliphatic rings. The number of carbonyl (C=O) groups is 2. The average molecular weight is 280 g/mol. The number of aliphatic carboxylic acids is 1. The third-order valence-electron chi connectivity index (χ3n) is 3.90. The Hall–Kier alpha value is -1.85. The number of hydrogen-bond donors (Lipinski definition) is 2. The number of nitrogens with zero attached hydrogens (tertiary/aromatic N) is 1. The highest BCUT2D eigenvalue weighted by molar-refractivity contribution is 5.85. The molecule has 20 heavy (non-hydrogen) atoms. The fraction of sp³-hybridized carbons (Fsp3) is 0.643. The van der Waals surface area contributed by atoms with Crippen molar-refractivity contribution in [2.75, 3.05) is 0 Å². The van der Waals surface area contributed by atoms with E-state index in [1.54, 1.807) is 6.20 Å². The standard InChI is InChI=1S/C14H20N2O4/c1-2-10-8-16-12(20-10)9-15-11(17)7-14(13(18)19)5-3-4-6-14/h8H,2-7,9H2,1H3,(H,15,17)(H,18,19). The Kier molecular flexibility index (Phi) is 4.42. The van der Waals surface area contributed by atoms with Crippen LogP contribution in [-0.2, 0) is 22.6 Å². The van der Waals surface area contributed by atoms with Gasteiger partial charge in [0.1, 0.15) is 5.76 Å². The molecule has 0 aromatic carbocycles. The topological polar surface area (TPSA) is 92.4 Å². The molecule has 1 heterocycles. The number of carbonyl (C=O) groups excluding carboxylic acids is 1. The molecule has 1 saturated carbocycles. The summed E-state index contributed by atoms with van der Waals surface area (Å²) in [6.45, 7) is 2.16. The fourth-order valence-electron chi connectivity index (χ4n) is 2.66. The SMILES string of the molecule is CCc1cnc(CNC(=O)CC2(C(=O)O)CCCC2)o1. The summed E-state index contributed by atoms with van der Waals surface area (Å²) in [6.07, 6.45) is 5.33. The predicted molar refractivity (Wildman–Crippen MR) is 70.9 cm³/mol. The maximum Gasteiger partial charge on any atom is 0.310 e. The highest BCUT2D eigenvalue weighted by Gasteiger charge is 2.42. The van der Waals surface area contributed by atoms with Gasteiger partial charge in [-0.2, -0.15) is 0 Å². The van der Waals surface area contributed by atoms with Gasteiger partial charge in [0.05, 0.1) is 18.2 Å². The van der Waals surface area contributed by atoms with Crippen molar-refractivity contribution < 1.29 is 19.1 Å². The molecule has 1 aromatic heterocycles. The van der Waals surface area contributed by atoms with Gasteiger partial charge in [-0.25, -0.2) is 4.98 Å². The smallest absolute Gasteiger partial charge is 0.310 e. The van der Waals surface area contributed by atoms with Gasteiger partial charge in [-0.3, -0.25) is 9.59 Å². The molecule has 1 aromatic rings. The van der Waals surface area contributed by atoms with Crippen LogP contribution in [0.3, 0.4) is 0 Å². The summed E-state index contributed by atoms with van der Waals surface area (Å²) in [4.78, 5) is 27.3. The van der Waals surface area contributed by atoms with Crippen LogP contribution in [-0.4, -0.2) is 22.0 Å². The van der Waals surface area contributed by atoms with Crippen molar-refractivity contribution in [1.82, 2.24) is 10.3 Å². The van der Waals surface area contributed by atoms with E-state index in [1.165, 1.54) is 0 Å². The van der Waals surface area contributed by atoms with Crippen molar-refractivity contribution >= 4 is 11.9 Å². The molecule has 6 heteroatoms. The summed E-state index contributed by atoms with van der Waals surface area (Å²) in [5, 5.41) is 12.0. The molecule has 0 bridgehead atoms. The van der Waals surface area contributed by atoms with Crippen LogP contribution in [0.4, 0.5) is 0 Å². The average Bonchev–Trinajstić information content (AvgIpc) is 3.05. The number of amides is 1. The molecule has 0 spiro atoms. The van der Waals surface area contributed by atoms with E-state index in [-0.39, 0.29) is 18.9 Å². The Labute approximate surface area is 117 Å². The summed E-state index contributed by atoms with van der Waals surface area (Å²) >= 11 is 0. The molecule has 0 radical (unpaired) electrons. The minimum Gasteiger partial charge on any atom is -0.481 e. The van der Waals surface area contributed by atoms with E-state index in [0.717, 1.165) is 25.0 Å². The van der Waals surface area contributed by atoms with Crippen LogP contribution in [0.2, 0.25) is 0 Å². The van der Waals surface area contributed by atoms with Gasteiger partial charge in [-0.15, -0.1) is 0 Å². The Morgan fingerprint density at radius 1 is 1.45 bits per heavy atom. The van der Waals surface area contributed by atoms with Crippen molar-refractivity contribution in [3.8, 4) is 0 Å². The van der Waals surface area contributed by atoms with Gasteiger partial charge < -0.3 is 14.8 Å². The van der Waals surface area contributed by atoms with E-state index < -0.39 is 11.4 Å². The van der Waals surface area contributed by atoms with Crippen LogP contribution >= 0.6 is 0 Å². The zero-order valence-electron chi connectivity index (χ0n) is 11.6. The van der Waals surface area contributed by atoms with Gasteiger partial charge in [0.25, 0.3) is 0 Å². The third kappa shape index (κ3) is 3.18. The number of rotatable bonds is 6. The van der Waals surface area contributed by atoms with Crippen LogP contribution in [0.5, 0.6) is 0 Å². The van der Waals surface area contributed by atoms with Crippen LogP contribution in [0.15, 0.2) is 10.6 Å². The quantitative estimate of drug-likeness (QED) is 0.830. The molecule has 110 valence electrons. The molecule has 1 amide bonds. The summed E-state index contributed by atoms with van der Waals surface area (Å²) in [5.74, 6) is 0.0955. The zero-order chi connectivity index (χ0) is 14.6. The van der Waals surface area contributed by atoms with Crippen molar-refractivity contribution in [3.63, 3.8) is 0 Å². The predicted octanol–water partition coefficient (Wildman–Crippen LogP) is 1.89. The molecule has 1 aliphatic carbocycles. The van der Waals surface area contributed by atoms with Crippen molar-refractivity contribution in [2.24, 2.45) is 5.41 Å². The lowest BCUT2D eigenvalue weighted by atomic mass is 9.82. The lowest BCUT2D eigenvalue weighted by Crippen LogP contribution is -2.35. The van der Waals surface area contributed by atoms with Gasteiger partial charge in [-0.1, -0.05) is 19.8 Å². The fourth-order valence-corrected chi connectivity index (χ4v) is 2.66. The van der Waals surface area contributed by atoms with E-state index >= 15 is 0 Å². The Morgan fingerprint density at radius 3 is 2.70 bits per heavy atom. The summed E-state index contributed by atoms with van der Waals surface area (Å²) < 4.78 is 5.38. The van der Waals surface area contributed by atoms with Crippen molar-refractivity contribution in [2.45, 2.75) is 52.0 Å². The highest BCUT2D eigenvalue weighted by atomic mass is 16.4. The first-order valence-corrected chi connectivity index (χ1v) is 6.99. The van der Waals surface area contributed by atoms with E-state index in [1.807, 2.05) is 6.92 Å². The Bertz CT molecular complexity index is 489. The summed E-state index contributed by atoms with van der Waals surface area (Å²) in [5.41, 5.74) is -0.880. The number of aromatic nitrogens is 1. The van der Waals surface area contributed by atoms with E-state index in [9.17, 15) is 14.7 Å². The van der Waals surface area contributed by atoms with Gasteiger partial charge >= 0.3 is 5.97 Å². The second-order valence-electron chi connectivity index (χ2n) is 5.32. The van der Waals surface area contributed by atoms with Crippen LogP contribution < -0.4 is 5.32 Å². The van der Waals surface area contributed by atoms with Gasteiger partial charge in [-0.05, 0) is 12.8 Å². The van der Waals surface area contributed by atoms with Crippen LogP contribution in [0, 0.1) is 5.41 Å². The highest BCUT2D eigenvalue weighted by Crippen LogP contribution is 2.41. The number of hydrogen-bond acceptors (Lipinski definition) is 4. The number of nitrogens with one attached hydrogen (secondary N) is 1. The molecule has 1 fully saturated rings. The van der Waals surface area contributed by atoms with Crippen LogP contribution in [0.25, 0.3) is 0 Å². The first-order valence-electron chi connectivity index (χ1n) is 6.99. The van der Waals surface area contributed by atoms with Gasteiger partial charge in [0.2, 0.25) is 11.8 Å². The van der Waals surface area contributed by atoms with Gasteiger partial charge in [0.15, 0.2) is 0 Å². The van der Waals surface area contributed by atoms with Gasteiger partial charge in [0, 0.05) is 12.8 Å². The third-order valence-corrected chi connectivity index (χ3v) is 3.90. The zero-order valence-corrected chi connectivity index (χ0v) is 11.6. The molecule has 0 atom stereocenters. The van der Waals surface area contributed by atoms with E-state index in [0.29, 0.717) is 18.7 Å². The maximum atomic E-state index is 11.9. The molecule has 6 nitrogen and oxygen atoms in total. The molecule has 0 unspecified atom stereocenters. The molecule has 0 aliphatic heterocycles. The largest absolute Gasteiger partial charge is 0.481 e. The lowest BCUT2D eigenvalue weighted by Gasteiger charge is -2.22. The molecule has 2 rings (SSSR count). The first kappa shape index (κ1) is 14.6. The summed E-state index contributed by atoms with van der Waals surface area (Å²) in [6, 6.07) is 0. The molecule has 0 saturated heterocycles. The first-order chi connectivity index (χ1) is 9.55. The number of oxazole rings is 1. The second-order valence-corrected chi connectivity index (χ2v) is 5.32. The van der Waals surface area contributed by atoms with E-state index in [2.05, 4.69) is 10.3 Å². The van der Waals surface area contributed by atoms with Crippen molar-refractivity contribution in [3.05, 3.63) is 17.8 Å². The summed E-state index contributed by atoms with van der Waals surface area (Å²) in [7, 11) is 0. The monoisotopic (exact) mass is 280 g/mol. The normalized spacial score (nSPS) is 17.1. The molecule has 2 N–H and O–H groups in total. The Balaban J connectivity index is 1.87. The van der Waals surface area contributed by atoms with Crippen LogP contribution in [0.1, 0.15) is 50.7 Å². The molecular formula is C14H20N2O4. The number of carboxylic acids is 1. The molecular weight excluding hydrogens is 260 g/mol. The number of carboxylic acid groups (broad SMARTS) is 1. The minimum absolute atomic E-state index is 0.0314. The second kappa shape index (κ2) is 6.07. The maximum absolute atomic E-state index is 11.9. The lowest BCUT2D eigenvalue weighted by molar-refractivity contribution is -0.151. The van der Waals surface area contributed by atoms with E-state index in [4.69, 9.17) is 4.42 Å².